The number of hydrogen-bond donors (Lipinski definition) is 0. The molecule has 1 nitrogen and oxygen atoms in total. The summed E-state index contributed by atoms with van der Waals surface area (Å²) in [6.45, 7) is 2.00. The van der Waals surface area contributed by atoms with Crippen LogP contribution in [0.15, 0.2) is 95.5 Å². The first-order valence-corrected chi connectivity index (χ1v) is 13.7. The zero-order chi connectivity index (χ0) is 17.0. The van der Waals surface area contributed by atoms with Gasteiger partial charge < -0.3 is 0 Å². The summed E-state index contributed by atoms with van der Waals surface area (Å²) in [4.78, 5) is 0. The molecule has 0 amide bonds. The predicted molar refractivity (Wildman–Crippen MR) is 114 cm³/mol. The molecule has 0 atom stereocenters. The first-order valence-electron chi connectivity index (χ1n) is 8.02. The van der Waals surface area contributed by atoms with E-state index in [1.165, 1.54) is 15.9 Å². The third kappa shape index (κ3) is 3.65. The van der Waals surface area contributed by atoms with Gasteiger partial charge in [-0.2, -0.15) is 0 Å². The summed E-state index contributed by atoms with van der Waals surface area (Å²) >= 11 is 6.77. The summed E-state index contributed by atoms with van der Waals surface area (Å²) in [7, 11) is -2.12. The minimum absolute atomic E-state index is 1.25. The van der Waals surface area contributed by atoms with Gasteiger partial charge in [-0.25, -0.2) is 0 Å². The van der Waals surface area contributed by atoms with Gasteiger partial charge in [0.15, 0.2) is 0 Å². The molecule has 0 aliphatic carbocycles. The Bertz CT molecular complexity index is 738. The number of benzene rings is 3. The van der Waals surface area contributed by atoms with Crippen molar-refractivity contribution >= 4 is 41.0 Å². The second kappa shape index (κ2) is 7.24. The van der Waals surface area contributed by atoms with Crippen LogP contribution in [0.4, 0.5) is 0 Å². The zero-order valence-electron chi connectivity index (χ0n) is 13.9. The van der Waals surface area contributed by atoms with E-state index in [-0.39, 0.29) is 0 Å². The van der Waals surface area contributed by atoms with E-state index in [4.69, 9.17) is 15.8 Å². The fourth-order valence-electron chi connectivity index (χ4n) is 2.91. The van der Waals surface area contributed by atoms with Crippen molar-refractivity contribution in [3.05, 3.63) is 91.0 Å². The van der Waals surface area contributed by atoms with Crippen LogP contribution < -0.4 is 15.9 Å². The SMILES string of the molecule is C[PH](C)(Cl)N=P(c1ccccc1)(c1ccccc1)c1ccccc1. The molecule has 24 heavy (non-hydrogen) atoms. The fourth-order valence-corrected chi connectivity index (χ4v) is 10.9. The fraction of sp³-hybridized carbons (Fsp3) is 0.100. The summed E-state index contributed by atoms with van der Waals surface area (Å²) in [5.74, 6) is 0. The average Bonchev–Trinajstić information content (AvgIpc) is 2.61. The van der Waals surface area contributed by atoms with Gasteiger partial charge in [-0.15, -0.1) is 0 Å². The topological polar surface area (TPSA) is 12.4 Å². The van der Waals surface area contributed by atoms with Gasteiger partial charge in [-0.05, 0) is 0 Å². The number of halogens is 1. The van der Waals surface area contributed by atoms with Crippen LogP contribution in [-0.2, 0) is 0 Å². The van der Waals surface area contributed by atoms with Crippen molar-refractivity contribution in [3.63, 3.8) is 0 Å². The van der Waals surface area contributed by atoms with Gasteiger partial charge in [0.25, 0.3) is 0 Å². The van der Waals surface area contributed by atoms with Crippen molar-refractivity contribution < 1.29 is 0 Å². The molecule has 0 saturated carbocycles. The van der Waals surface area contributed by atoms with Crippen molar-refractivity contribution in [2.45, 2.75) is 0 Å². The van der Waals surface area contributed by atoms with Crippen molar-refractivity contribution in [3.8, 4) is 0 Å². The second-order valence-corrected chi connectivity index (χ2v) is 15.4. The molecule has 3 aromatic rings. The van der Waals surface area contributed by atoms with E-state index in [1.807, 2.05) is 0 Å². The van der Waals surface area contributed by atoms with Gasteiger partial charge in [0, 0.05) is 0 Å². The van der Waals surface area contributed by atoms with Gasteiger partial charge in [-0.1, -0.05) is 0 Å². The normalized spacial score (nSPS) is 12.6. The second-order valence-electron chi connectivity index (χ2n) is 6.15. The van der Waals surface area contributed by atoms with Gasteiger partial charge in [0.05, 0.1) is 0 Å². The number of rotatable bonds is 4. The van der Waals surface area contributed by atoms with Gasteiger partial charge in [0.2, 0.25) is 0 Å². The van der Waals surface area contributed by atoms with E-state index in [1.54, 1.807) is 0 Å². The molecular formula is C20H22ClNP2. The Morgan fingerprint density at radius 3 is 1.17 bits per heavy atom. The van der Waals surface area contributed by atoms with E-state index in [0.29, 0.717) is 0 Å². The van der Waals surface area contributed by atoms with Crippen LogP contribution in [0.25, 0.3) is 0 Å². The summed E-state index contributed by atoms with van der Waals surface area (Å²) in [5.41, 5.74) is 0. The number of hydrogen-bond acceptors (Lipinski definition) is 1. The van der Waals surface area contributed by atoms with Crippen LogP contribution in [0.5, 0.6) is 0 Å². The summed E-state index contributed by atoms with van der Waals surface area (Å²) in [6, 6.07) is 31.8. The van der Waals surface area contributed by atoms with Crippen LogP contribution in [0, 0.1) is 0 Å². The molecule has 0 N–H and O–H groups in total. The van der Waals surface area contributed by atoms with E-state index in [9.17, 15) is 0 Å². The molecule has 0 saturated heterocycles. The summed E-state index contributed by atoms with van der Waals surface area (Å²) in [5, 5.41) is 3.76. The molecular weight excluding hydrogens is 352 g/mol. The van der Waals surface area contributed by atoms with Crippen molar-refractivity contribution in [1.82, 2.24) is 0 Å². The van der Waals surface area contributed by atoms with E-state index >= 15 is 0 Å². The van der Waals surface area contributed by atoms with Crippen LogP contribution >= 0.6 is 25.1 Å². The molecule has 0 radical (unpaired) electrons. The molecule has 0 spiro atoms. The van der Waals surface area contributed by atoms with Gasteiger partial charge in [0.1, 0.15) is 0 Å². The Hall–Kier alpha value is -1.39. The molecule has 0 bridgehead atoms. The van der Waals surface area contributed by atoms with E-state index in [2.05, 4.69) is 104 Å². The minimum atomic E-state index is -2.19. The van der Waals surface area contributed by atoms with Crippen molar-refractivity contribution in [2.75, 3.05) is 13.3 Å². The summed E-state index contributed by atoms with van der Waals surface area (Å²) in [6.07, 6.45) is 0. The molecule has 0 aliphatic rings. The quantitative estimate of drug-likeness (QED) is 0.554. The van der Waals surface area contributed by atoms with Crippen LogP contribution in [-0.4, -0.2) is 13.3 Å². The van der Waals surface area contributed by atoms with Crippen molar-refractivity contribution in [1.29, 1.82) is 0 Å². The van der Waals surface area contributed by atoms with Gasteiger partial charge >= 0.3 is 150 Å². The maximum absolute atomic E-state index is 6.77. The number of nitrogens with zero attached hydrogens (tertiary/aromatic N) is 1. The van der Waals surface area contributed by atoms with E-state index < -0.39 is 13.8 Å². The third-order valence-electron chi connectivity index (χ3n) is 3.78. The van der Waals surface area contributed by atoms with E-state index in [0.717, 1.165) is 0 Å². The molecule has 0 unspecified atom stereocenters. The van der Waals surface area contributed by atoms with Crippen LogP contribution in [0.2, 0.25) is 0 Å². The first-order chi connectivity index (χ1) is 11.5. The molecule has 3 aromatic carbocycles. The molecule has 3 rings (SSSR count). The van der Waals surface area contributed by atoms with Gasteiger partial charge in [-0.3, -0.25) is 0 Å². The summed E-state index contributed by atoms with van der Waals surface area (Å²) < 4.78 is 5.37. The first kappa shape index (κ1) is 17.4. The Morgan fingerprint density at radius 1 is 0.625 bits per heavy atom. The standard InChI is InChI=1S/C20H22ClNP2/c1-23(2,21)22-24(18-12-6-3-7-13-18,19-14-8-4-9-15-19)20-16-10-5-11-17-20/h3-17,23H,1-2H3. The molecule has 4 heteroatoms. The molecule has 0 fully saturated rings. The zero-order valence-corrected chi connectivity index (χ0v) is 16.6. The van der Waals surface area contributed by atoms with Crippen LogP contribution in [0.3, 0.4) is 0 Å². The Labute approximate surface area is 150 Å². The Morgan fingerprint density at radius 2 is 0.917 bits per heavy atom. The molecule has 0 aromatic heterocycles. The monoisotopic (exact) mass is 373 g/mol. The third-order valence-corrected chi connectivity index (χ3v) is 10.7. The predicted octanol–water partition coefficient (Wildman–Crippen LogP) is 5.24. The molecule has 0 aliphatic heterocycles. The Kier molecular flexibility index (Phi) is 5.26. The average molecular weight is 374 g/mol. The maximum atomic E-state index is 6.77. The molecule has 124 valence electrons. The van der Waals surface area contributed by atoms with Crippen LogP contribution in [0.1, 0.15) is 0 Å². The molecule has 0 heterocycles. The van der Waals surface area contributed by atoms with Crippen molar-refractivity contribution in [2.24, 2.45) is 4.52 Å². The Balaban J connectivity index is 2.45.